The Bertz CT molecular complexity index is 826. The monoisotopic (exact) mass is 297 g/mol. The first kappa shape index (κ1) is 14.1. The van der Waals surface area contributed by atoms with Crippen molar-refractivity contribution in [2.45, 2.75) is 6.42 Å². The summed E-state index contributed by atoms with van der Waals surface area (Å²) >= 11 is 0. The van der Waals surface area contributed by atoms with E-state index in [0.29, 0.717) is 17.6 Å². The summed E-state index contributed by atoms with van der Waals surface area (Å²) in [6, 6.07) is 11.2. The number of fused-ring (bicyclic) bond motifs is 1. The van der Waals surface area contributed by atoms with Gasteiger partial charge in [-0.1, -0.05) is 18.2 Å². The molecule has 0 unspecified atom stereocenters. The van der Waals surface area contributed by atoms with Crippen molar-refractivity contribution in [1.29, 1.82) is 0 Å². The van der Waals surface area contributed by atoms with Gasteiger partial charge in [-0.3, -0.25) is 4.40 Å². The number of rotatable bonds is 4. The fourth-order valence-corrected chi connectivity index (χ4v) is 2.37. The van der Waals surface area contributed by atoms with E-state index in [1.54, 1.807) is 23.6 Å². The summed E-state index contributed by atoms with van der Waals surface area (Å²) < 4.78 is 11.9. The number of methoxy groups -OCH3 is 2. The number of hydrogen-bond acceptors (Lipinski definition) is 5. The maximum Gasteiger partial charge on any atom is 0.341 e. The number of para-hydroxylation sites is 1. The summed E-state index contributed by atoms with van der Waals surface area (Å²) in [6.07, 6.45) is 2.38. The number of esters is 1. The van der Waals surface area contributed by atoms with E-state index in [1.165, 1.54) is 7.11 Å². The average molecular weight is 297 g/mol. The van der Waals surface area contributed by atoms with Crippen molar-refractivity contribution in [3.05, 3.63) is 59.5 Å². The first-order chi connectivity index (χ1) is 10.7. The van der Waals surface area contributed by atoms with Crippen LogP contribution < -0.4 is 4.74 Å². The molecule has 0 amide bonds. The highest BCUT2D eigenvalue weighted by molar-refractivity contribution is 5.95. The van der Waals surface area contributed by atoms with Crippen molar-refractivity contribution in [3.8, 4) is 5.75 Å². The number of pyridine rings is 1. The van der Waals surface area contributed by atoms with Gasteiger partial charge in [-0.15, -0.1) is 10.2 Å². The van der Waals surface area contributed by atoms with Crippen LogP contribution in [-0.4, -0.2) is 34.8 Å². The first-order valence-electron chi connectivity index (χ1n) is 6.77. The highest BCUT2D eigenvalue weighted by Crippen LogP contribution is 2.21. The van der Waals surface area contributed by atoms with E-state index in [2.05, 4.69) is 10.2 Å². The standard InChI is InChI=1S/C16H15N3O3/c1-21-13-8-4-3-6-11(13)10-14-17-18-15-12(16(20)22-2)7-5-9-19(14)15/h3-9H,10H2,1-2H3. The highest BCUT2D eigenvalue weighted by atomic mass is 16.5. The molecule has 3 aromatic rings. The molecule has 2 aromatic heterocycles. The predicted octanol–water partition coefficient (Wildman–Crippen LogP) is 2.12. The molecule has 0 saturated heterocycles. The second-order valence-corrected chi connectivity index (χ2v) is 4.71. The van der Waals surface area contributed by atoms with Crippen LogP contribution in [0.1, 0.15) is 21.7 Å². The SMILES string of the molecule is COC(=O)c1cccn2c(Cc3ccccc3OC)nnc12. The molecule has 22 heavy (non-hydrogen) atoms. The molecule has 0 bridgehead atoms. The van der Waals surface area contributed by atoms with Gasteiger partial charge in [0.15, 0.2) is 5.65 Å². The molecule has 1 aromatic carbocycles. The van der Waals surface area contributed by atoms with E-state index in [-0.39, 0.29) is 0 Å². The molecule has 0 fully saturated rings. The smallest absolute Gasteiger partial charge is 0.341 e. The minimum Gasteiger partial charge on any atom is -0.496 e. The maximum absolute atomic E-state index is 11.8. The Morgan fingerprint density at radius 1 is 1.14 bits per heavy atom. The van der Waals surface area contributed by atoms with Crippen molar-refractivity contribution >= 4 is 11.6 Å². The molecule has 0 spiro atoms. The molecule has 0 N–H and O–H groups in total. The summed E-state index contributed by atoms with van der Waals surface area (Å²) in [5.74, 6) is 1.09. The van der Waals surface area contributed by atoms with E-state index in [1.807, 2.05) is 30.5 Å². The molecule has 0 aliphatic rings. The Morgan fingerprint density at radius 3 is 2.73 bits per heavy atom. The van der Waals surface area contributed by atoms with Crippen molar-refractivity contribution < 1.29 is 14.3 Å². The van der Waals surface area contributed by atoms with Crippen LogP contribution >= 0.6 is 0 Å². The Labute approximate surface area is 127 Å². The third kappa shape index (κ3) is 2.39. The third-order valence-corrected chi connectivity index (χ3v) is 3.45. The van der Waals surface area contributed by atoms with Crippen LogP contribution in [0.4, 0.5) is 0 Å². The molecule has 0 aliphatic carbocycles. The molecule has 0 radical (unpaired) electrons. The Kier molecular flexibility index (Phi) is 3.74. The van der Waals surface area contributed by atoms with Crippen LogP contribution in [0.2, 0.25) is 0 Å². The molecule has 3 rings (SSSR count). The zero-order valence-electron chi connectivity index (χ0n) is 12.3. The summed E-state index contributed by atoms with van der Waals surface area (Å²) in [7, 11) is 2.98. The van der Waals surface area contributed by atoms with Gasteiger partial charge in [0, 0.05) is 18.2 Å². The minimum absolute atomic E-state index is 0.392. The molecule has 6 nitrogen and oxygen atoms in total. The largest absolute Gasteiger partial charge is 0.496 e. The van der Waals surface area contributed by atoms with Crippen LogP contribution in [0.3, 0.4) is 0 Å². The molecule has 112 valence electrons. The highest BCUT2D eigenvalue weighted by Gasteiger charge is 2.16. The number of hydrogen-bond donors (Lipinski definition) is 0. The zero-order valence-corrected chi connectivity index (χ0v) is 12.3. The second-order valence-electron chi connectivity index (χ2n) is 4.71. The van der Waals surface area contributed by atoms with Gasteiger partial charge in [0.2, 0.25) is 0 Å². The quantitative estimate of drug-likeness (QED) is 0.690. The summed E-state index contributed by atoms with van der Waals surface area (Å²) in [4.78, 5) is 11.8. The van der Waals surface area contributed by atoms with Crippen LogP contribution in [-0.2, 0) is 11.2 Å². The van der Waals surface area contributed by atoms with Crippen molar-refractivity contribution in [2.75, 3.05) is 14.2 Å². The summed E-state index contributed by atoms with van der Waals surface area (Å²) in [5, 5.41) is 8.30. The fourth-order valence-electron chi connectivity index (χ4n) is 2.37. The van der Waals surface area contributed by atoms with E-state index in [0.717, 1.165) is 17.1 Å². The normalized spacial score (nSPS) is 10.6. The van der Waals surface area contributed by atoms with Gasteiger partial charge in [-0.05, 0) is 18.2 Å². The Balaban J connectivity index is 2.04. The Hall–Kier alpha value is -2.89. The van der Waals surface area contributed by atoms with E-state index < -0.39 is 5.97 Å². The third-order valence-electron chi connectivity index (χ3n) is 3.45. The lowest BCUT2D eigenvalue weighted by atomic mass is 10.1. The number of ether oxygens (including phenoxy) is 2. The maximum atomic E-state index is 11.8. The lowest BCUT2D eigenvalue weighted by Crippen LogP contribution is -2.05. The van der Waals surface area contributed by atoms with Gasteiger partial charge in [-0.2, -0.15) is 0 Å². The summed E-state index contributed by atoms with van der Waals surface area (Å²) in [6.45, 7) is 0. The molecular weight excluding hydrogens is 282 g/mol. The van der Waals surface area contributed by atoms with Crippen molar-refractivity contribution in [1.82, 2.24) is 14.6 Å². The summed E-state index contributed by atoms with van der Waals surface area (Å²) in [5.41, 5.74) is 1.88. The van der Waals surface area contributed by atoms with Gasteiger partial charge in [-0.25, -0.2) is 4.79 Å². The molecule has 0 aliphatic heterocycles. The van der Waals surface area contributed by atoms with E-state index >= 15 is 0 Å². The van der Waals surface area contributed by atoms with Crippen LogP contribution in [0, 0.1) is 0 Å². The lowest BCUT2D eigenvalue weighted by molar-refractivity contribution is 0.0602. The van der Waals surface area contributed by atoms with Crippen LogP contribution in [0.15, 0.2) is 42.6 Å². The van der Waals surface area contributed by atoms with Crippen molar-refractivity contribution in [3.63, 3.8) is 0 Å². The number of benzene rings is 1. The topological polar surface area (TPSA) is 65.7 Å². The van der Waals surface area contributed by atoms with Gasteiger partial charge in [0.25, 0.3) is 0 Å². The average Bonchev–Trinajstić information content (AvgIpc) is 2.97. The van der Waals surface area contributed by atoms with Crippen LogP contribution in [0.5, 0.6) is 5.75 Å². The number of carbonyl (C=O) groups excluding carboxylic acids is 1. The molecule has 2 heterocycles. The predicted molar refractivity (Wildman–Crippen MR) is 80.1 cm³/mol. The minimum atomic E-state index is -0.429. The van der Waals surface area contributed by atoms with Gasteiger partial charge in [0.1, 0.15) is 17.1 Å². The number of aromatic nitrogens is 3. The van der Waals surface area contributed by atoms with Gasteiger partial charge in [0.05, 0.1) is 14.2 Å². The molecule has 0 saturated carbocycles. The van der Waals surface area contributed by atoms with E-state index in [9.17, 15) is 4.79 Å². The first-order valence-corrected chi connectivity index (χ1v) is 6.77. The van der Waals surface area contributed by atoms with Crippen molar-refractivity contribution in [2.24, 2.45) is 0 Å². The lowest BCUT2D eigenvalue weighted by Gasteiger charge is -2.07. The molecule has 6 heteroatoms. The molecular formula is C16H15N3O3. The van der Waals surface area contributed by atoms with Crippen LogP contribution in [0.25, 0.3) is 5.65 Å². The van der Waals surface area contributed by atoms with Gasteiger partial charge < -0.3 is 9.47 Å². The van der Waals surface area contributed by atoms with Gasteiger partial charge >= 0.3 is 5.97 Å². The number of nitrogens with zero attached hydrogens (tertiary/aromatic N) is 3. The van der Waals surface area contributed by atoms with E-state index in [4.69, 9.17) is 9.47 Å². The fraction of sp³-hybridized carbons (Fsp3) is 0.188. The molecule has 0 atom stereocenters. The number of carbonyl (C=O) groups is 1. The Morgan fingerprint density at radius 2 is 1.95 bits per heavy atom. The zero-order chi connectivity index (χ0) is 15.5. The second kappa shape index (κ2) is 5.85.